The highest BCUT2D eigenvalue weighted by atomic mass is 35.5. The number of likely N-dealkylation sites (N-methyl/N-ethyl adjacent to an activating group) is 1. The van der Waals surface area contributed by atoms with E-state index in [4.69, 9.17) is 0 Å². The van der Waals surface area contributed by atoms with Crippen LogP contribution in [0.1, 0.15) is 0 Å². The fraction of sp³-hybridized carbons (Fsp3) is 0.600. The Kier molecular flexibility index (Phi) is 20.3. The van der Waals surface area contributed by atoms with Crippen molar-refractivity contribution in [3.63, 3.8) is 0 Å². The number of hydrogen-bond donors (Lipinski definition) is 0. The van der Waals surface area contributed by atoms with Crippen LogP contribution in [0.5, 0.6) is 0 Å². The van der Waals surface area contributed by atoms with Gasteiger partial charge in [0, 0.05) is 6.54 Å². The molecule has 0 saturated carbocycles. The van der Waals surface area contributed by atoms with E-state index in [1.807, 2.05) is 20.2 Å². The topological polar surface area (TPSA) is 3.24 Å². The van der Waals surface area contributed by atoms with Gasteiger partial charge in [-0.2, -0.15) is 0 Å². The highest BCUT2D eigenvalue weighted by molar-refractivity contribution is 5.85. The third kappa shape index (κ3) is 16.3. The summed E-state index contributed by atoms with van der Waals surface area (Å²) in [6, 6.07) is 0. The predicted octanol–water partition coefficient (Wildman–Crippen LogP) is 1.58. The molecule has 0 radical (unpaired) electrons. The minimum atomic E-state index is 0. The molecule has 0 atom stereocenters. The zero-order chi connectivity index (χ0) is 4.99. The van der Waals surface area contributed by atoms with E-state index in [2.05, 4.69) is 11.5 Å². The molecule has 0 saturated heterocycles. The highest BCUT2D eigenvalue weighted by Crippen LogP contribution is 1.69. The number of hydrogen-bond acceptors (Lipinski definition) is 1. The Morgan fingerprint density at radius 3 is 1.75 bits per heavy atom. The Labute approximate surface area is 63.6 Å². The molecule has 0 unspecified atom stereocenters. The molecule has 52 valence electrons. The maximum atomic E-state index is 3.56. The van der Waals surface area contributed by atoms with E-state index in [0.717, 1.165) is 6.54 Å². The number of nitrogens with zero attached hydrogens (tertiary/aromatic N) is 1. The monoisotopic (exact) mass is 157 g/mol. The average molecular weight is 158 g/mol. The Morgan fingerprint density at radius 2 is 1.75 bits per heavy atom. The Bertz CT molecular complexity index is 45.7. The van der Waals surface area contributed by atoms with E-state index in [-0.39, 0.29) is 24.8 Å². The van der Waals surface area contributed by atoms with Gasteiger partial charge in [-0.05, 0) is 14.1 Å². The molecule has 0 bridgehead atoms. The minimum Gasteiger partial charge on any atom is -0.306 e. The van der Waals surface area contributed by atoms with Crippen molar-refractivity contribution in [2.24, 2.45) is 0 Å². The minimum absolute atomic E-state index is 0. The lowest BCUT2D eigenvalue weighted by Gasteiger charge is -2.01. The van der Waals surface area contributed by atoms with Gasteiger partial charge in [0.15, 0.2) is 0 Å². The molecule has 0 amide bonds. The molecule has 3 heteroatoms. The lowest BCUT2D eigenvalue weighted by Crippen LogP contribution is -2.09. The maximum absolute atomic E-state index is 3.56. The van der Waals surface area contributed by atoms with Gasteiger partial charge in [0.05, 0.1) is 0 Å². The van der Waals surface area contributed by atoms with E-state index >= 15 is 0 Å². The van der Waals surface area contributed by atoms with Gasteiger partial charge in [-0.25, -0.2) is 0 Å². The van der Waals surface area contributed by atoms with E-state index < -0.39 is 0 Å². The molecule has 8 heavy (non-hydrogen) atoms. The largest absolute Gasteiger partial charge is 0.306 e. The van der Waals surface area contributed by atoms with E-state index in [0.29, 0.717) is 0 Å². The molecule has 0 aliphatic carbocycles. The molecule has 0 N–H and O–H groups in total. The lowest BCUT2D eigenvalue weighted by atomic mass is 10.6. The van der Waals surface area contributed by atoms with Gasteiger partial charge in [-0.1, -0.05) is 6.08 Å². The normalized spacial score (nSPS) is 6.88. The standard InChI is InChI=1S/C5H11N.2ClH/c1-4-5-6(2)3;;/h4H,1,5H2,2-3H3;2*1H. The first-order valence-electron chi connectivity index (χ1n) is 2.03. The summed E-state index contributed by atoms with van der Waals surface area (Å²) in [5.41, 5.74) is 0. The fourth-order valence-corrected chi connectivity index (χ4v) is 0.258. The van der Waals surface area contributed by atoms with E-state index in [9.17, 15) is 0 Å². The summed E-state index contributed by atoms with van der Waals surface area (Å²) in [6.45, 7) is 4.53. The maximum Gasteiger partial charge on any atom is 0.0154 e. The molecular weight excluding hydrogens is 145 g/mol. The zero-order valence-corrected chi connectivity index (χ0v) is 6.89. The van der Waals surface area contributed by atoms with Gasteiger partial charge in [0.1, 0.15) is 0 Å². The fourth-order valence-electron chi connectivity index (χ4n) is 0.258. The molecule has 0 aromatic rings. The van der Waals surface area contributed by atoms with Crippen LogP contribution in [0.2, 0.25) is 0 Å². The Balaban J connectivity index is -0.000000125. The molecule has 0 fully saturated rings. The lowest BCUT2D eigenvalue weighted by molar-refractivity contribution is 0.457. The van der Waals surface area contributed by atoms with Gasteiger partial charge >= 0.3 is 0 Å². The molecule has 0 spiro atoms. The molecule has 0 aromatic heterocycles. The van der Waals surface area contributed by atoms with Gasteiger partial charge in [0.25, 0.3) is 0 Å². The summed E-state index contributed by atoms with van der Waals surface area (Å²) >= 11 is 0. The summed E-state index contributed by atoms with van der Waals surface area (Å²) in [5.74, 6) is 0. The van der Waals surface area contributed by atoms with Crippen LogP contribution in [0.4, 0.5) is 0 Å². The van der Waals surface area contributed by atoms with Crippen molar-refractivity contribution in [2.75, 3.05) is 20.6 Å². The van der Waals surface area contributed by atoms with Crippen molar-refractivity contribution in [3.8, 4) is 0 Å². The van der Waals surface area contributed by atoms with Crippen LogP contribution in [-0.2, 0) is 0 Å². The first kappa shape index (κ1) is 15.7. The third-order valence-corrected chi connectivity index (χ3v) is 0.494. The highest BCUT2D eigenvalue weighted by Gasteiger charge is 1.75. The predicted molar refractivity (Wildman–Crippen MR) is 43.2 cm³/mol. The summed E-state index contributed by atoms with van der Waals surface area (Å²) in [5, 5.41) is 0. The van der Waals surface area contributed by atoms with E-state index in [1.165, 1.54) is 0 Å². The van der Waals surface area contributed by atoms with Gasteiger partial charge in [0.2, 0.25) is 0 Å². The smallest absolute Gasteiger partial charge is 0.0154 e. The molecule has 0 aromatic carbocycles. The number of rotatable bonds is 2. The summed E-state index contributed by atoms with van der Waals surface area (Å²) in [6.07, 6.45) is 1.88. The Morgan fingerprint density at radius 1 is 1.38 bits per heavy atom. The van der Waals surface area contributed by atoms with Gasteiger partial charge in [-0.3, -0.25) is 0 Å². The van der Waals surface area contributed by atoms with Crippen LogP contribution in [0.25, 0.3) is 0 Å². The van der Waals surface area contributed by atoms with Crippen LogP contribution >= 0.6 is 24.8 Å². The molecular formula is C5H13Cl2N. The molecule has 0 aliphatic heterocycles. The number of halogens is 2. The Hall–Kier alpha value is 0.280. The van der Waals surface area contributed by atoms with Gasteiger partial charge < -0.3 is 4.90 Å². The van der Waals surface area contributed by atoms with Crippen LogP contribution in [0.15, 0.2) is 12.7 Å². The summed E-state index contributed by atoms with van der Waals surface area (Å²) in [4.78, 5) is 2.06. The van der Waals surface area contributed by atoms with Crippen molar-refractivity contribution in [1.29, 1.82) is 0 Å². The first-order chi connectivity index (χ1) is 2.77. The molecule has 0 heterocycles. The van der Waals surface area contributed by atoms with Crippen molar-refractivity contribution in [3.05, 3.63) is 12.7 Å². The van der Waals surface area contributed by atoms with Crippen LogP contribution in [0.3, 0.4) is 0 Å². The second kappa shape index (κ2) is 10.3. The van der Waals surface area contributed by atoms with Crippen molar-refractivity contribution < 1.29 is 0 Å². The average Bonchev–Trinajstić information content (AvgIpc) is 1.35. The van der Waals surface area contributed by atoms with Crippen LogP contribution in [-0.4, -0.2) is 25.5 Å². The quantitative estimate of drug-likeness (QED) is 0.551. The van der Waals surface area contributed by atoms with Crippen LogP contribution < -0.4 is 0 Å². The zero-order valence-electron chi connectivity index (χ0n) is 5.26. The summed E-state index contributed by atoms with van der Waals surface area (Å²) < 4.78 is 0. The third-order valence-electron chi connectivity index (χ3n) is 0.494. The second-order valence-corrected chi connectivity index (χ2v) is 1.55. The summed E-state index contributed by atoms with van der Waals surface area (Å²) in [7, 11) is 4.03. The van der Waals surface area contributed by atoms with Crippen molar-refractivity contribution in [1.82, 2.24) is 4.90 Å². The molecule has 1 nitrogen and oxygen atoms in total. The second-order valence-electron chi connectivity index (χ2n) is 1.55. The van der Waals surface area contributed by atoms with Gasteiger partial charge in [-0.15, -0.1) is 31.4 Å². The van der Waals surface area contributed by atoms with Crippen molar-refractivity contribution >= 4 is 24.8 Å². The van der Waals surface area contributed by atoms with Crippen LogP contribution in [0, 0.1) is 0 Å². The SMILES string of the molecule is C=CCN(C)C.Cl.Cl. The molecule has 0 aliphatic rings. The molecule has 0 rings (SSSR count). The van der Waals surface area contributed by atoms with E-state index in [1.54, 1.807) is 0 Å². The first-order valence-corrected chi connectivity index (χ1v) is 2.03. The van der Waals surface area contributed by atoms with Crippen molar-refractivity contribution in [2.45, 2.75) is 0 Å².